The van der Waals surface area contributed by atoms with Crippen LogP contribution in [0.25, 0.3) is 0 Å². The van der Waals surface area contributed by atoms with E-state index in [0.29, 0.717) is 12.3 Å². The Morgan fingerprint density at radius 3 is 1.82 bits per heavy atom. The van der Waals surface area contributed by atoms with Crippen molar-refractivity contribution < 1.29 is 14.4 Å². The maximum absolute atomic E-state index is 11.7. The Labute approximate surface area is 173 Å². The van der Waals surface area contributed by atoms with Crippen molar-refractivity contribution in [3.05, 3.63) is 12.2 Å². The predicted octanol–water partition coefficient (Wildman–Crippen LogP) is 7.03. The number of nitrogens with one attached hydrogen (secondary N) is 1. The first-order chi connectivity index (χ1) is 13.6. The van der Waals surface area contributed by atoms with Crippen LogP contribution in [0.5, 0.6) is 0 Å². The minimum atomic E-state index is -0.512. The van der Waals surface area contributed by atoms with Crippen molar-refractivity contribution in [2.45, 2.75) is 124 Å². The lowest BCUT2D eigenvalue weighted by atomic mass is 10.0. The third-order valence-electron chi connectivity index (χ3n) is 4.94. The number of hydrogen-bond acceptors (Lipinski definition) is 3. The van der Waals surface area contributed by atoms with Gasteiger partial charge in [0.1, 0.15) is 0 Å². The third kappa shape index (κ3) is 21.0. The van der Waals surface area contributed by atoms with E-state index in [9.17, 15) is 9.59 Å². The number of allylic oxidation sites excluding steroid dienone is 1. The van der Waals surface area contributed by atoms with Crippen LogP contribution in [0.3, 0.4) is 0 Å². The molecule has 0 radical (unpaired) electrons. The summed E-state index contributed by atoms with van der Waals surface area (Å²) in [4.78, 5) is 27.9. The molecule has 0 aliphatic rings. The van der Waals surface area contributed by atoms with E-state index in [4.69, 9.17) is 4.84 Å². The molecule has 1 amide bonds. The number of rotatable bonds is 18. The molecule has 0 saturated heterocycles. The summed E-state index contributed by atoms with van der Waals surface area (Å²) in [6, 6.07) is 0. The molecule has 4 nitrogen and oxygen atoms in total. The van der Waals surface area contributed by atoms with Crippen LogP contribution in [0.2, 0.25) is 0 Å². The van der Waals surface area contributed by atoms with Crippen molar-refractivity contribution in [3.63, 3.8) is 0 Å². The Balaban J connectivity index is 3.36. The van der Waals surface area contributed by atoms with E-state index in [2.05, 4.69) is 26.3 Å². The van der Waals surface area contributed by atoms with E-state index in [1.165, 1.54) is 76.7 Å². The maximum Gasteiger partial charge on any atom is 0.355 e. The van der Waals surface area contributed by atoms with Crippen LogP contribution in [-0.2, 0) is 14.4 Å². The van der Waals surface area contributed by atoms with Gasteiger partial charge in [-0.2, -0.15) is 5.48 Å². The van der Waals surface area contributed by atoms with E-state index in [-0.39, 0.29) is 5.91 Å². The first kappa shape index (κ1) is 26.7. The zero-order valence-corrected chi connectivity index (χ0v) is 18.8. The summed E-state index contributed by atoms with van der Waals surface area (Å²) >= 11 is 0. The molecule has 0 aromatic heterocycles. The highest BCUT2D eigenvalue weighted by molar-refractivity contribution is 5.84. The molecular weight excluding hydrogens is 350 g/mol. The fourth-order valence-corrected chi connectivity index (χ4v) is 3.10. The predicted molar refractivity (Wildman–Crippen MR) is 118 cm³/mol. The lowest BCUT2D eigenvalue weighted by Crippen LogP contribution is -2.25. The number of amides is 1. The summed E-state index contributed by atoms with van der Waals surface area (Å²) in [5.74, 6) is -0.116. The number of carbonyl (C=O) groups is 2. The SMILES string of the molecule is CCCCCCCCCCCCCCCC(=O)NOC(=O)C=CCCC(C)C. The topological polar surface area (TPSA) is 55.4 Å². The highest BCUT2D eigenvalue weighted by Gasteiger charge is 2.04. The van der Waals surface area contributed by atoms with Crippen LogP contribution >= 0.6 is 0 Å². The van der Waals surface area contributed by atoms with E-state index in [1.54, 1.807) is 6.08 Å². The molecule has 0 aliphatic heterocycles. The highest BCUT2D eigenvalue weighted by atomic mass is 16.7. The molecule has 0 atom stereocenters. The van der Waals surface area contributed by atoms with Crippen LogP contribution in [0.4, 0.5) is 0 Å². The van der Waals surface area contributed by atoms with Gasteiger partial charge in [0.2, 0.25) is 0 Å². The van der Waals surface area contributed by atoms with Crippen LogP contribution in [0.15, 0.2) is 12.2 Å². The molecule has 0 saturated carbocycles. The standard InChI is InChI=1S/C24H45NO3/c1-4-5-6-7-8-9-10-11-12-13-14-15-16-20-23(26)25-28-24(27)21-18-17-19-22(2)3/h18,21-22H,4-17,19-20H2,1-3H3,(H,25,26). The van der Waals surface area contributed by atoms with Gasteiger partial charge in [-0.05, 0) is 25.2 Å². The summed E-state index contributed by atoms with van der Waals surface area (Å²) in [5, 5.41) is 0. The van der Waals surface area contributed by atoms with Crippen LogP contribution in [0, 0.1) is 5.92 Å². The number of hydroxylamine groups is 1. The molecule has 0 fully saturated rings. The van der Waals surface area contributed by atoms with Crippen molar-refractivity contribution in [3.8, 4) is 0 Å². The van der Waals surface area contributed by atoms with Crippen LogP contribution in [0.1, 0.15) is 124 Å². The second kappa shape index (κ2) is 20.4. The molecule has 28 heavy (non-hydrogen) atoms. The van der Waals surface area contributed by atoms with Crippen LogP contribution < -0.4 is 5.48 Å². The van der Waals surface area contributed by atoms with Gasteiger partial charge in [-0.1, -0.05) is 104 Å². The zero-order chi connectivity index (χ0) is 20.9. The molecule has 0 unspecified atom stereocenters. The van der Waals surface area contributed by atoms with Gasteiger partial charge in [0, 0.05) is 12.5 Å². The quantitative estimate of drug-likeness (QED) is 0.154. The maximum atomic E-state index is 11.7. The van der Waals surface area contributed by atoms with E-state index in [0.717, 1.165) is 25.7 Å². The van der Waals surface area contributed by atoms with Crippen LogP contribution in [-0.4, -0.2) is 11.9 Å². The Morgan fingerprint density at radius 2 is 1.32 bits per heavy atom. The molecule has 0 heterocycles. The first-order valence-electron chi connectivity index (χ1n) is 11.7. The molecular formula is C24H45NO3. The minimum Gasteiger partial charge on any atom is -0.336 e. The number of hydrogen-bond donors (Lipinski definition) is 1. The molecule has 0 spiro atoms. The van der Waals surface area contributed by atoms with Gasteiger partial charge in [0.25, 0.3) is 5.91 Å². The van der Waals surface area contributed by atoms with Crippen molar-refractivity contribution >= 4 is 11.9 Å². The summed E-state index contributed by atoms with van der Waals surface area (Å²) < 4.78 is 0. The Morgan fingerprint density at radius 1 is 0.821 bits per heavy atom. The van der Waals surface area contributed by atoms with Gasteiger partial charge in [0.05, 0.1) is 0 Å². The normalized spacial score (nSPS) is 11.3. The van der Waals surface area contributed by atoms with E-state index >= 15 is 0 Å². The fourth-order valence-electron chi connectivity index (χ4n) is 3.10. The average molecular weight is 396 g/mol. The summed E-state index contributed by atoms with van der Waals surface area (Å²) in [6.07, 6.45) is 22.1. The first-order valence-corrected chi connectivity index (χ1v) is 11.7. The fraction of sp³-hybridized carbons (Fsp3) is 0.833. The molecule has 4 heteroatoms. The van der Waals surface area contributed by atoms with Crippen molar-refractivity contribution in [2.24, 2.45) is 5.92 Å². The zero-order valence-electron chi connectivity index (χ0n) is 18.8. The average Bonchev–Trinajstić information content (AvgIpc) is 2.67. The lowest BCUT2D eigenvalue weighted by molar-refractivity contribution is -0.153. The molecule has 0 aliphatic carbocycles. The highest BCUT2D eigenvalue weighted by Crippen LogP contribution is 2.12. The van der Waals surface area contributed by atoms with Crippen molar-refractivity contribution in [2.75, 3.05) is 0 Å². The number of unbranched alkanes of at least 4 members (excludes halogenated alkanes) is 12. The minimum absolute atomic E-state index is 0.216. The molecule has 1 N–H and O–H groups in total. The summed E-state index contributed by atoms with van der Waals surface area (Å²) in [7, 11) is 0. The Hall–Kier alpha value is -1.32. The number of carbonyl (C=O) groups excluding carboxylic acids is 2. The molecule has 164 valence electrons. The van der Waals surface area contributed by atoms with Gasteiger partial charge in [-0.15, -0.1) is 0 Å². The van der Waals surface area contributed by atoms with Crippen molar-refractivity contribution in [1.29, 1.82) is 0 Å². The van der Waals surface area contributed by atoms with Crippen molar-refractivity contribution in [1.82, 2.24) is 5.48 Å². The lowest BCUT2D eigenvalue weighted by Gasteiger charge is -2.04. The van der Waals surface area contributed by atoms with E-state index in [1.807, 2.05) is 0 Å². The molecule has 0 aromatic rings. The van der Waals surface area contributed by atoms with Gasteiger partial charge >= 0.3 is 5.97 Å². The summed E-state index contributed by atoms with van der Waals surface area (Å²) in [6.45, 7) is 6.54. The largest absolute Gasteiger partial charge is 0.355 e. The summed E-state index contributed by atoms with van der Waals surface area (Å²) in [5.41, 5.74) is 2.24. The van der Waals surface area contributed by atoms with Gasteiger partial charge < -0.3 is 4.84 Å². The molecule has 0 aromatic carbocycles. The smallest absolute Gasteiger partial charge is 0.336 e. The Bertz CT molecular complexity index is 405. The third-order valence-corrected chi connectivity index (χ3v) is 4.94. The monoisotopic (exact) mass is 395 g/mol. The van der Waals surface area contributed by atoms with Gasteiger partial charge in [-0.25, -0.2) is 4.79 Å². The second-order valence-corrected chi connectivity index (χ2v) is 8.31. The molecule has 0 rings (SSSR count). The second-order valence-electron chi connectivity index (χ2n) is 8.31. The van der Waals surface area contributed by atoms with Gasteiger partial charge in [-0.3, -0.25) is 4.79 Å². The molecule has 0 bridgehead atoms. The van der Waals surface area contributed by atoms with Gasteiger partial charge in [0.15, 0.2) is 0 Å². The van der Waals surface area contributed by atoms with E-state index < -0.39 is 5.97 Å². The Kier molecular flexibility index (Phi) is 19.5.